The van der Waals surface area contributed by atoms with Crippen LogP contribution in [0.25, 0.3) is 105 Å². The molecule has 49 heavy (non-hydrogen) atoms. The number of oxazole rings is 1. The fourth-order valence-electron chi connectivity index (χ4n) is 7.91. The van der Waals surface area contributed by atoms with Crippen molar-refractivity contribution in [3.63, 3.8) is 0 Å². The number of hydrogen-bond donors (Lipinski definition) is 0. The third-order valence-corrected chi connectivity index (χ3v) is 10.0. The molecule has 0 N–H and O–H groups in total. The van der Waals surface area contributed by atoms with Crippen molar-refractivity contribution in [3.05, 3.63) is 158 Å². The Labute approximate surface area is 280 Å². The van der Waals surface area contributed by atoms with Gasteiger partial charge in [0.2, 0.25) is 5.89 Å². The van der Waals surface area contributed by atoms with Crippen LogP contribution in [0.3, 0.4) is 0 Å². The molecule has 0 aliphatic heterocycles. The lowest BCUT2D eigenvalue weighted by molar-refractivity contribution is 0.620. The van der Waals surface area contributed by atoms with Crippen molar-refractivity contribution in [2.24, 2.45) is 0 Å². The van der Waals surface area contributed by atoms with Gasteiger partial charge in [-0.25, -0.2) is 4.98 Å². The summed E-state index contributed by atoms with van der Waals surface area (Å²) < 4.78 is 15.7. The van der Waals surface area contributed by atoms with Crippen LogP contribution in [0.5, 0.6) is 0 Å². The van der Waals surface area contributed by atoms with Gasteiger partial charge in [0.1, 0.15) is 11.1 Å². The number of benzene rings is 8. The third kappa shape index (κ3) is 3.71. The van der Waals surface area contributed by atoms with Crippen molar-refractivity contribution in [2.75, 3.05) is 0 Å². The zero-order valence-electron chi connectivity index (χ0n) is 26.2. The van der Waals surface area contributed by atoms with E-state index in [1.807, 2.05) is 42.5 Å². The molecule has 0 spiro atoms. The highest BCUT2D eigenvalue weighted by atomic mass is 16.3. The molecule has 3 heterocycles. The van der Waals surface area contributed by atoms with E-state index in [0.29, 0.717) is 5.89 Å². The Hall–Kier alpha value is -6.65. The summed E-state index contributed by atoms with van der Waals surface area (Å²) in [5, 5.41) is 9.41. The molecule has 0 aliphatic rings. The van der Waals surface area contributed by atoms with E-state index in [0.717, 1.165) is 77.2 Å². The summed E-state index contributed by atoms with van der Waals surface area (Å²) in [6.45, 7) is 0. The van der Waals surface area contributed by atoms with Crippen molar-refractivity contribution in [3.8, 4) is 28.3 Å². The fraction of sp³-hybridized carbons (Fsp3) is 0. The summed E-state index contributed by atoms with van der Waals surface area (Å²) in [6.07, 6.45) is 0. The molecule has 0 saturated carbocycles. The van der Waals surface area contributed by atoms with Gasteiger partial charge in [0.15, 0.2) is 11.2 Å². The van der Waals surface area contributed by atoms with Crippen molar-refractivity contribution >= 4 is 76.4 Å². The molecular formula is C45H26N2O2. The number of para-hydroxylation sites is 2. The summed E-state index contributed by atoms with van der Waals surface area (Å²) in [5.41, 5.74) is 9.61. The van der Waals surface area contributed by atoms with Crippen molar-refractivity contribution in [2.45, 2.75) is 0 Å². The number of furan rings is 1. The van der Waals surface area contributed by atoms with Gasteiger partial charge < -0.3 is 13.4 Å². The Bertz CT molecular complexity index is 3110. The average Bonchev–Trinajstić information content (AvgIpc) is 3.87. The smallest absolute Gasteiger partial charge is 0.227 e. The zero-order chi connectivity index (χ0) is 32.1. The monoisotopic (exact) mass is 626 g/mol. The maximum Gasteiger partial charge on any atom is 0.227 e. The van der Waals surface area contributed by atoms with Crippen LogP contribution in [0.15, 0.2) is 167 Å². The van der Waals surface area contributed by atoms with Crippen molar-refractivity contribution < 1.29 is 8.83 Å². The summed E-state index contributed by atoms with van der Waals surface area (Å²) in [4.78, 5) is 5.04. The van der Waals surface area contributed by atoms with Gasteiger partial charge in [-0.15, -0.1) is 0 Å². The normalized spacial score (nSPS) is 12.1. The topological polar surface area (TPSA) is 44.1 Å². The standard InChI is InChI=1S/C45H26N2O2/c1-2-13-28(14-3-1)45-46-43-33(20-11-23-39(43)49-45)32-19-10-22-38-41(32)42-31-17-7-5-15-29(31)26-37(44(42)48-38)47-35-21-9-8-18-34(35)40-30-16-6-4-12-27(30)24-25-36(40)47/h1-26H. The average molecular weight is 627 g/mol. The SMILES string of the molecule is c1ccc(-c2nc3c(-c4cccc5oc6c(-n7c8ccccc8c8c9ccccc9ccc87)cc7ccccc7c6c45)cccc3o2)cc1. The second-order valence-corrected chi connectivity index (χ2v) is 12.7. The minimum atomic E-state index is 0.610. The molecule has 0 atom stereocenters. The molecule has 0 amide bonds. The first-order chi connectivity index (χ1) is 24.3. The van der Waals surface area contributed by atoms with Gasteiger partial charge >= 0.3 is 0 Å². The van der Waals surface area contributed by atoms with Gasteiger partial charge in [0, 0.05) is 32.7 Å². The number of nitrogens with zero attached hydrogens (tertiary/aromatic N) is 2. The van der Waals surface area contributed by atoms with E-state index in [9.17, 15) is 0 Å². The maximum absolute atomic E-state index is 6.98. The van der Waals surface area contributed by atoms with E-state index < -0.39 is 0 Å². The van der Waals surface area contributed by atoms with Crippen LogP contribution in [0.1, 0.15) is 0 Å². The molecule has 0 saturated heterocycles. The molecule has 4 nitrogen and oxygen atoms in total. The van der Waals surface area contributed by atoms with Gasteiger partial charge in [-0.3, -0.25) is 0 Å². The molecule has 11 aromatic rings. The lowest BCUT2D eigenvalue weighted by Crippen LogP contribution is -1.95. The summed E-state index contributed by atoms with van der Waals surface area (Å²) in [6, 6.07) is 55.3. The van der Waals surface area contributed by atoms with Gasteiger partial charge in [-0.2, -0.15) is 0 Å². The Morgan fingerprint density at radius 1 is 0.449 bits per heavy atom. The Balaban J connectivity index is 1.27. The van der Waals surface area contributed by atoms with Crippen molar-refractivity contribution in [1.29, 1.82) is 0 Å². The minimum absolute atomic E-state index is 0.610. The van der Waals surface area contributed by atoms with Crippen LogP contribution in [-0.2, 0) is 0 Å². The van der Waals surface area contributed by atoms with E-state index in [2.05, 4.69) is 120 Å². The highest BCUT2D eigenvalue weighted by Crippen LogP contribution is 2.46. The van der Waals surface area contributed by atoms with Gasteiger partial charge in [0.05, 0.1) is 16.7 Å². The molecular weight excluding hydrogens is 601 g/mol. The van der Waals surface area contributed by atoms with Crippen LogP contribution >= 0.6 is 0 Å². The molecule has 0 bridgehead atoms. The highest BCUT2D eigenvalue weighted by Gasteiger charge is 2.23. The molecule has 0 aliphatic carbocycles. The number of aromatic nitrogens is 2. The molecule has 8 aromatic carbocycles. The van der Waals surface area contributed by atoms with Gasteiger partial charge in [-0.05, 0) is 69.6 Å². The summed E-state index contributed by atoms with van der Waals surface area (Å²) in [5.74, 6) is 0.610. The van der Waals surface area contributed by atoms with E-state index in [4.69, 9.17) is 13.8 Å². The largest absolute Gasteiger partial charge is 0.454 e. The number of rotatable bonds is 3. The number of fused-ring (bicyclic) bond motifs is 11. The van der Waals surface area contributed by atoms with Crippen LogP contribution in [0.2, 0.25) is 0 Å². The quantitative estimate of drug-likeness (QED) is 0.196. The first-order valence-corrected chi connectivity index (χ1v) is 16.6. The predicted octanol–water partition coefficient (Wildman–Crippen LogP) is 12.5. The van der Waals surface area contributed by atoms with Crippen molar-refractivity contribution in [1.82, 2.24) is 9.55 Å². The van der Waals surface area contributed by atoms with E-state index >= 15 is 0 Å². The Kier molecular flexibility index (Phi) is 5.35. The van der Waals surface area contributed by atoms with Crippen LogP contribution in [-0.4, -0.2) is 9.55 Å². The molecule has 0 unspecified atom stereocenters. The second kappa shape index (κ2) is 9.93. The molecule has 0 fully saturated rings. The van der Waals surface area contributed by atoms with Gasteiger partial charge in [-0.1, -0.05) is 115 Å². The highest BCUT2D eigenvalue weighted by molar-refractivity contribution is 6.27. The maximum atomic E-state index is 6.98. The Morgan fingerprint density at radius 2 is 1.14 bits per heavy atom. The molecule has 228 valence electrons. The lowest BCUT2D eigenvalue weighted by atomic mass is 9.95. The van der Waals surface area contributed by atoms with E-state index in [1.54, 1.807) is 0 Å². The first-order valence-electron chi connectivity index (χ1n) is 16.6. The van der Waals surface area contributed by atoms with Crippen LogP contribution in [0, 0.1) is 0 Å². The van der Waals surface area contributed by atoms with E-state index in [1.165, 1.54) is 21.5 Å². The summed E-state index contributed by atoms with van der Waals surface area (Å²) >= 11 is 0. The van der Waals surface area contributed by atoms with Crippen LogP contribution in [0.4, 0.5) is 0 Å². The van der Waals surface area contributed by atoms with Crippen LogP contribution < -0.4 is 0 Å². The fourth-order valence-corrected chi connectivity index (χ4v) is 7.91. The lowest BCUT2D eigenvalue weighted by Gasteiger charge is -2.12. The van der Waals surface area contributed by atoms with E-state index in [-0.39, 0.29) is 0 Å². The third-order valence-electron chi connectivity index (χ3n) is 10.0. The summed E-state index contributed by atoms with van der Waals surface area (Å²) in [7, 11) is 0. The first kappa shape index (κ1) is 26.4. The molecule has 4 heteroatoms. The minimum Gasteiger partial charge on any atom is -0.454 e. The predicted molar refractivity (Wildman–Crippen MR) is 202 cm³/mol. The zero-order valence-corrected chi connectivity index (χ0v) is 26.2. The second-order valence-electron chi connectivity index (χ2n) is 12.7. The molecule has 11 rings (SSSR count). The Morgan fingerprint density at radius 3 is 2.00 bits per heavy atom. The van der Waals surface area contributed by atoms with Gasteiger partial charge in [0.25, 0.3) is 0 Å². The molecule has 3 aromatic heterocycles. The molecule has 0 radical (unpaired) electrons. The number of hydrogen-bond acceptors (Lipinski definition) is 3.